The van der Waals surface area contributed by atoms with Gasteiger partial charge in [0.05, 0.1) is 0 Å². The number of fused-ring (bicyclic) bond motifs is 1. The SMILES string of the molecule is Cn1c(NCc2ccccc2)nc2nc(N3CCCC(N)C3)n(C/C=C(\Cl)C(F)(F)F)c2c1=O. The molecule has 0 saturated carbocycles. The van der Waals surface area contributed by atoms with Crippen molar-refractivity contribution in [1.82, 2.24) is 19.1 Å². The normalized spacial score (nSPS) is 17.4. The van der Waals surface area contributed by atoms with E-state index < -0.39 is 16.8 Å². The number of hydrogen-bond donors (Lipinski definition) is 2. The highest BCUT2D eigenvalue weighted by Gasteiger charge is 2.32. The summed E-state index contributed by atoms with van der Waals surface area (Å²) in [4.78, 5) is 24.2. The van der Waals surface area contributed by atoms with Crippen molar-refractivity contribution in [2.75, 3.05) is 23.3 Å². The van der Waals surface area contributed by atoms with E-state index in [4.69, 9.17) is 17.3 Å². The molecule has 1 atom stereocenters. The maximum absolute atomic E-state index is 13.3. The van der Waals surface area contributed by atoms with Crippen molar-refractivity contribution >= 4 is 34.7 Å². The summed E-state index contributed by atoms with van der Waals surface area (Å²) in [7, 11) is 1.55. The van der Waals surface area contributed by atoms with Crippen molar-refractivity contribution < 1.29 is 13.2 Å². The minimum Gasteiger partial charge on any atom is -0.351 e. The second-order valence-electron chi connectivity index (χ2n) is 8.23. The van der Waals surface area contributed by atoms with Gasteiger partial charge in [-0.25, -0.2) is 0 Å². The van der Waals surface area contributed by atoms with Crippen LogP contribution in [-0.4, -0.2) is 44.4 Å². The molecule has 2 aromatic heterocycles. The number of hydrogen-bond acceptors (Lipinski definition) is 6. The van der Waals surface area contributed by atoms with Crippen LogP contribution in [0.5, 0.6) is 0 Å². The van der Waals surface area contributed by atoms with Crippen molar-refractivity contribution in [2.45, 2.75) is 38.1 Å². The summed E-state index contributed by atoms with van der Waals surface area (Å²) in [6.07, 6.45) is -2.21. The molecule has 0 radical (unpaired) electrons. The molecule has 34 heavy (non-hydrogen) atoms. The van der Waals surface area contributed by atoms with Gasteiger partial charge in [0.25, 0.3) is 5.56 Å². The number of alkyl halides is 3. The fourth-order valence-electron chi connectivity index (χ4n) is 3.98. The third-order valence-electron chi connectivity index (χ3n) is 5.72. The lowest BCUT2D eigenvalue weighted by Crippen LogP contribution is -2.44. The van der Waals surface area contributed by atoms with E-state index in [2.05, 4.69) is 15.3 Å². The van der Waals surface area contributed by atoms with Crippen molar-refractivity contribution in [3.05, 3.63) is 57.4 Å². The number of anilines is 2. The summed E-state index contributed by atoms with van der Waals surface area (Å²) in [6, 6.07) is 9.49. The molecule has 8 nitrogen and oxygen atoms in total. The summed E-state index contributed by atoms with van der Waals surface area (Å²) in [5, 5.41) is 1.87. The quantitative estimate of drug-likeness (QED) is 0.544. The van der Waals surface area contributed by atoms with Gasteiger partial charge in [-0.05, 0) is 24.5 Å². The van der Waals surface area contributed by atoms with Crippen LogP contribution in [0.2, 0.25) is 0 Å². The van der Waals surface area contributed by atoms with Gasteiger partial charge >= 0.3 is 6.18 Å². The Morgan fingerprint density at radius 2 is 2.03 bits per heavy atom. The molecule has 182 valence electrons. The van der Waals surface area contributed by atoms with Gasteiger partial charge in [-0.15, -0.1) is 0 Å². The molecule has 1 aromatic carbocycles. The highest BCUT2D eigenvalue weighted by molar-refractivity contribution is 6.30. The largest absolute Gasteiger partial charge is 0.426 e. The number of halogens is 4. The molecule has 3 N–H and O–H groups in total. The first kappa shape index (κ1) is 24.1. The molecule has 1 fully saturated rings. The monoisotopic (exact) mass is 495 g/mol. The Morgan fingerprint density at radius 3 is 2.71 bits per heavy atom. The minimum atomic E-state index is -4.68. The van der Waals surface area contributed by atoms with Gasteiger partial charge < -0.3 is 20.5 Å². The van der Waals surface area contributed by atoms with Crippen LogP contribution in [0.25, 0.3) is 11.2 Å². The predicted octanol–water partition coefficient (Wildman–Crippen LogP) is 3.35. The van der Waals surface area contributed by atoms with E-state index in [0.29, 0.717) is 31.5 Å². The van der Waals surface area contributed by atoms with E-state index in [9.17, 15) is 18.0 Å². The van der Waals surface area contributed by atoms with Crippen LogP contribution in [-0.2, 0) is 20.1 Å². The number of nitrogens with one attached hydrogen (secondary N) is 1. The van der Waals surface area contributed by atoms with E-state index in [1.165, 1.54) is 9.13 Å². The van der Waals surface area contributed by atoms with Crippen molar-refractivity contribution in [1.29, 1.82) is 0 Å². The van der Waals surface area contributed by atoms with Gasteiger partial charge in [-0.2, -0.15) is 23.1 Å². The molecule has 3 aromatic rings. The molecule has 1 unspecified atom stereocenters. The standard InChI is InChI=1S/C22H25ClF3N7O/c1-31-19(34)17-18(29-20(31)28-12-14-6-3-2-4-7-14)30-21(32-10-5-8-15(27)13-32)33(17)11-9-16(23)22(24,25)26/h2-4,6-7,9,15H,5,8,10-13,27H2,1H3,(H,28,29)/b16-9-. The van der Waals surface area contributed by atoms with Gasteiger partial charge in [0, 0.05) is 39.3 Å². The summed E-state index contributed by atoms with van der Waals surface area (Å²) in [6.45, 7) is 1.24. The van der Waals surface area contributed by atoms with Crippen LogP contribution < -0.4 is 21.5 Å². The molecule has 1 saturated heterocycles. The molecule has 0 amide bonds. The lowest BCUT2D eigenvalue weighted by atomic mass is 10.1. The first-order valence-electron chi connectivity index (χ1n) is 10.8. The summed E-state index contributed by atoms with van der Waals surface area (Å²) in [5.74, 6) is 0.648. The molecular formula is C22H25ClF3N7O. The van der Waals surface area contributed by atoms with E-state index in [0.717, 1.165) is 24.5 Å². The number of benzene rings is 1. The lowest BCUT2D eigenvalue weighted by Gasteiger charge is -2.31. The number of aromatic nitrogens is 4. The smallest absolute Gasteiger partial charge is 0.351 e. The summed E-state index contributed by atoms with van der Waals surface area (Å²) < 4.78 is 41.7. The zero-order valence-corrected chi connectivity index (χ0v) is 19.3. The van der Waals surface area contributed by atoms with Gasteiger partial charge in [-0.1, -0.05) is 41.9 Å². The van der Waals surface area contributed by atoms with Crippen molar-refractivity contribution in [2.24, 2.45) is 12.8 Å². The van der Waals surface area contributed by atoms with Crippen LogP contribution in [0.15, 0.2) is 46.2 Å². The van der Waals surface area contributed by atoms with E-state index in [1.54, 1.807) is 7.05 Å². The zero-order valence-electron chi connectivity index (χ0n) is 18.5. The average molecular weight is 496 g/mol. The van der Waals surface area contributed by atoms with E-state index >= 15 is 0 Å². The van der Waals surface area contributed by atoms with Crippen LogP contribution in [0.1, 0.15) is 18.4 Å². The first-order valence-corrected chi connectivity index (χ1v) is 11.2. The number of rotatable bonds is 6. The molecule has 1 aliphatic rings. The predicted molar refractivity (Wildman–Crippen MR) is 126 cm³/mol. The second-order valence-corrected chi connectivity index (χ2v) is 8.64. The maximum atomic E-state index is 13.3. The highest BCUT2D eigenvalue weighted by atomic mass is 35.5. The number of nitrogens with zero attached hydrogens (tertiary/aromatic N) is 5. The topological polar surface area (TPSA) is 94.0 Å². The number of allylic oxidation sites excluding steroid dienone is 2. The average Bonchev–Trinajstić information content (AvgIpc) is 3.17. The maximum Gasteiger partial charge on any atom is 0.426 e. The fourth-order valence-corrected chi connectivity index (χ4v) is 4.05. The van der Waals surface area contributed by atoms with Crippen LogP contribution in [0.3, 0.4) is 0 Å². The van der Waals surface area contributed by atoms with Crippen LogP contribution in [0, 0.1) is 0 Å². The molecule has 4 rings (SSSR count). The van der Waals surface area contributed by atoms with Gasteiger partial charge in [0.1, 0.15) is 5.03 Å². The Bertz CT molecular complexity index is 1250. The van der Waals surface area contributed by atoms with Gasteiger partial charge in [0.2, 0.25) is 11.9 Å². The first-order chi connectivity index (χ1) is 16.1. The fraction of sp³-hybridized carbons (Fsp3) is 0.409. The Morgan fingerprint density at radius 1 is 1.29 bits per heavy atom. The second kappa shape index (κ2) is 9.67. The molecule has 0 spiro atoms. The highest BCUT2D eigenvalue weighted by Crippen LogP contribution is 2.30. The Balaban J connectivity index is 1.77. The molecule has 12 heteroatoms. The molecule has 1 aliphatic heterocycles. The molecule has 0 bridgehead atoms. The molecule has 3 heterocycles. The summed E-state index contributed by atoms with van der Waals surface area (Å²) >= 11 is 5.44. The van der Waals surface area contributed by atoms with Crippen molar-refractivity contribution in [3.63, 3.8) is 0 Å². The minimum absolute atomic E-state index is 0.102. The van der Waals surface area contributed by atoms with E-state index in [-0.39, 0.29) is 23.8 Å². The van der Waals surface area contributed by atoms with Gasteiger partial charge in [0.15, 0.2) is 11.2 Å². The number of imidazole rings is 1. The van der Waals surface area contributed by atoms with Gasteiger partial charge in [-0.3, -0.25) is 9.36 Å². The Hall–Kier alpha value is -3.05. The zero-order chi connectivity index (χ0) is 24.5. The number of nitrogens with two attached hydrogens (primary N) is 1. The summed E-state index contributed by atoms with van der Waals surface area (Å²) in [5.41, 5.74) is 6.92. The van der Waals surface area contributed by atoms with E-state index in [1.807, 2.05) is 35.2 Å². The Labute approximate surface area is 198 Å². The van der Waals surface area contributed by atoms with Crippen molar-refractivity contribution in [3.8, 4) is 0 Å². The Kier molecular flexibility index (Phi) is 6.85. The number of piperidine rings is 1. The molecular weight excluding hydrogens is 471 g/mol. The third kappa shape index (κ3) is 5.05. The molecule has 0 aliphatic carbocycles. The van der Waals surface area contributed by atoms with Crippen LogP contribution in [0.4, 0.5) is 25.1 Å². The third-order valence-corrected chi connectivity index (χ3v) is 6.09. The van der Waals surface area contributed by atoms with Crippen LogP contribution >= 0.6 is 11.6 Å². The lowest BCUT2D eigenvalue weighted by molar-refractivity contribution is -0.0847.